The smallest absolute Gasteiger partial charge is 0.404 e. The standard InChI is InChI=1S/C22H27N3O4/c1-3-21(26)25-15(2)14-19(18-6-4-5-7-20(18)25)24-16-8-10-17(11-9-16)28-12-13-29-22(23)27/h4-11,15,19,24H,3,12-14H2,1-2H3,(H2,23,27)/t15-,19+/m0/s1. The number of carbonyl (C=O) groups is 2. The van der Waals surface area contributed by atoms with Crippen molar-refractivity contribution in [2.75, 3.05) is 23.4 Å². The zero-order valence-electron chi connectivity index (χ0n) is 16.8. The molecular formula is C22H27N3O4. The Bertz CT molecular complexity index is 853. The van der Waals surface area contributed by atoms with Crippen molar-refractivity contribution < 1.29 is 19.1 Å². The van der Waals surface area contributed by atoms with E-state index in [4.69, 9.17) is 10.5 Å². The minimum atomic E-state index is -0.811. The van der Waals surface area contributed by atoms with Gasteiger partial charge in [-0.25, -0.2) is 4.79 Å². The molecule has 1 aliphatic rings. The second kappa shape index (κ2) is 9.32. The third kappa shape index (κ3) is 4.99. The number of para-hydroxylation sites is 1. The second-order valence-electron chi connectivity index (χ2n) is 7.00. The molecule has 2 aromatic carbocycles. The van der Waals surface area contributed by atoms with Gasteiger partial charge in [0.2, 0.25) is 5.91 Å². The first-order valence-electron chi connectivity index (χ1n) is 9.82. The third-order valence-electron chi connectivity index (χ3n) is 4.95. The normalized spacial score (nSPS) is 17.9. The van der Waals surface area contributed by atoms with Crippen LogP contribution < -0.4 is 20.7 Å². The average molecular weight is 397 g/mol. The molecule has 0 saturated heterocycles. The lowest BCUT2D eigenvalue weighted by atomic mass is 9.91. The number of nitrogens with two attached hydrogens (primary N) is 1. The molecule has 0 spiro atoms. The van der Waals surface area contributed by atoms with Gasteiger partial charge < -0.3 is 25.4 Å². The van der Waals surface area contributed by atoms with E-state index < -0.39 is 6.09 Å². The molecule has 3 rings (SSSR count). The molecule has 1 aliphatic heterocycles. The Hall–Kier alpha value is -3.22. The van der Waals surface area contributed by atoms with Gasteiger partial charge >= 0.3 is 6.09 Å². The minimum Gasteiger partial charge on any atom is -0.490 e. The molecule has 7 heteroatoms. The summed E-state index contributed by atoms with van der Waals surface area (Å²) in [5.74, 6) is 0.825. The summed E-state index contributed by atoms with van der Waals surface area (Å²) in [5, 5.41) is 3.57. The van der Waals surface area contributed by atoms with Crippen LogP contribution in [0.4, 0.5) is 16.2 Å². The van der Waals surface area contributed by atoms with Gasteiger partial charge in [-0.2, -0.15) is 0 Å². The Morgan fingerprint density at radius 2 is 1.86 bits per heavy atom. The number of nitrogens with zero attached hydrogens (tertiary/aromatic N) is 1. The van der Waals surface area contributed by atoms with Crippen LogP contribution in [-0.2, 0) is 9.53 Å². The van der Waals surface area contributed by atoms with E-state index in [1.807, 2.05) is 54.3 Å². The molecule has 0 radical (unpaired) electrons. The molecule has 2 atom stereocenters. The number of nitrogens with one attached hydrogen (secondary N) is 1. The van der Waals surface area contributed by atoms with Gasteiger partial charge in [-0.05, 0) is 49.2 Å². The first-order chi connectivity index (χ1) is 14.0. The maximum atomic E-state index is 12.4. The second-order valence-corrected chi connectivity index (χ2v) is 7.00. The summed E-state index contributed by atoms with van der Waals surface area (Å²) in [6.45, 7) is 4.33. The summed E-state index contributed by atoms with van der Waals surface area (Å²) in [6.07, 6.45) is 0.503. The van der Waals surface area contributed by atoms with Crippen molar-refractivity contribution in [1.82, 2.24) is 0 Å². The Labute approximate surface area is 170 Å². The zero-order valence-corrected chi connectivity index (χ0v) is 16.8. The Morgan fingerprint density at radius 1 is 1.14 bits per heavy atom. The van der Waals surface area contributed by atoms with Crippen LogP contribution in [0.25, 0.3) is 0 Å². The van der Waals surface area contributed by atoms with Crippen LogP contribution in [0.2, 0.25) is 0 Å². The SMILES string of the molecule is CCC(=O)N1c2ccccc2[C@H](Nc2ccc(OCCOC(N)=O)cc2)C[C@@H]1C. The van der Waals surface area contributed by atoms with E-state index in [2.05, 4.69) is 23.0 Å². The van der Waals surface area contributed by atoms with Crippen molar-refractivity contribution in [3.8, 4) is 5.75 Å². The molecule has 29 heavy (non-hydrogen) atoms. The summed E-state index contributed by atoms with van der Waals surface area (Å²) < 4.78 is 10.2. The van der Waals surface area contributed by atoms with Gasteiger partial charge in [0.1, 0.15) is 19.0 Å². The van der Waals surface area contributed by atoms with Crippen LogP contribution in [-0.4, -0.2) is 31.3 Å². The molecule has 7 nitrogen and oxygen atoms in total. The fourth-order valence-electron chi connectivity index (χ4n) is 3.65. The highest BCUT2D eigenvalue weighted by Crippen LogP contribution is 2.39. The predicted molar refractivity (Wildman–Crippen MR) is 112 cm³/mol. The minimum absolute atomic E-state index is 0.109. The molecule has 2 amide bonds. The topological polar surface area (TPSA) is 93.9 Å². The van der Waals surface area contributed by atoms with Crippen LogP contribution in [0.1, 0.15) is 38.3 Å². The highest BCUT2D eigenvalue weighted by molar-refractivity contribution is 5.95. The van der Waals surface area contributed by atoms with Crippen molar-refractivity contribution in [1.29, 1.82) is 0 Å². The third-order valence-corrected chi connectivity index (χ3v) is 4.95. The van der Waals surface area contributed by atoms with Crippen molar-refractivity contribution >= 4 is 23.4 Å². The maximum Gasteiger partial charge on any atom is 0.404 e. The lowest BCUT2D eigenvalue weighted by molar-refractivity contribution is -0.118. The van der Waals surface area contributed by atoms with Crippen LogP contribution in [0.3, 0.4) is 0 Å². The maximum absolute atomic E-state index is 12.4. The molecule has 0 unspecified atom stereocenters. The monoisotopic (exact) mass is 397 g/mol. The number of fused-ring (bicyclic) bond motifs is 1. The highest BCUT2D eigenvalue weighted by Gasteiger charge is 2.32. The van der Waals surface area contributed by atoms with Gasteiger partial charge in [0.15, 0.2) is 0 Å². The first kappa shape index (κ1) is 20.5. The van der Waals surface area contributed by atoms with Crippen molar-refractivity contribution in [2.24, 2.45) is 5.73 Å². The van der Waals surface area contributed by atoms with E-state index in [1.54, 1.807) is 0 Å². The molecule has 0 aliphatic carbocycles. The predicted octanol–water partition coefficient (Wildman–Crippen LogP) is 3.85. The Kier molecular flexibility index (Phi) is 6.59. The lowest BCUT2D eigenvalue weighted by Crippen LogP contribution is -2.44. The van der Waals surface area contributed by atoms with Crippen molar-refractivity contribution in [2.45, 2.75) is 38.8 Å². The van der Waals surface area contributed by atoms with Gasteiger partial charge in [0, 0.05) is 23.8 Å². The summed E-state index contributed by atoms with van der Waals surface area (Å²) in [6, 6.07) is 15.9. The van der Waals surface area contributed by atoms with E-state index in [0.29, 0.717) is 12.2 Å². The molecule has 2 aromatic rings. The summed E-state index contributed by atoms with van der Waals surface area (Å²) >= 11 is 0. The number of carbonyl (C=O) groups excluding carboxylic acids is 2. The average Bonchev–Trinajstić information content (AvgIpc) is 2.72. The number of rotatable bonds is 7. The van der Waals surface area contributed by atoms with E-state index in [-0.39, 0.29) is 31.2 Å². The van der Waals surface area contributed by atoms with Crippen LogP contribution >= 0.6 is 0 Å². The van der Waals surface area contributed by atoms with Gasteiger partial charge in [-0.3, -0.25) is 4.79 Å². The molecule has 154 valence electrons. The van der Waals surface area contributed by atoms with Crippen LogP contribution in [0.15, 0.2) is 48.5 Å². The van der Waals surface area contributed by atoms with Crippen molar-refractivity contribution in [3.63, 3.8) is 0 Å². The number of primary amides is 1. The quantitative estimate of drug-likeness (QED) is 0.692. The number of amides is 2. The molecular weight excluding hydrogens is 370 g/mol. The van der Waals surface area contributed by atoms with Crippen LogP contribution in [0, 0.1) is 0 Å². The summed E-state index contributed by atoms with van der Waals surface area (Å²) in [7, 11) is 0. The molecule has 0 saturated carbocycles. The number of hydrogen-bond acceptors (Lipinski definition) is 5. The molecule has 1 heterocycles. The Balaban J connectivity index is 1.68. The fraction of sp³-hybridized carbons (Fsp3) is 0.364. The molecule has 0 bridgehead atoms. The Morgan fingerprint density at radius 3 is 2.55 bits per heavy atom. The number of benzene rings is 2. The van der Waals surface area contributed by atoms with Crippen LogP contribution in [0.5, 0.6) is 5.75 Å². The number of ether oxygens (including phenoxy) is 2. The lowest BCUT2D eigenvalue weighted by Gasteiger charge is -2.40. The molecule has 0 aromatic heterocycles. The van der Waals surface area contributed by atoms with Gasteiger partial charge in [0.25, 0.3) is 0 Å². The van der Waals surface area contributed by atoms with Gasteiger partial charge in [0.05, 0.1) is 6.04 Å². The zero-order chi connectivity index (χ0) is 20.8. The largest absolute Gasteiger partial charge is 0.490 e. The number of hydrogen-bond donors (Lipinski definition) is 2. The fourth-order valence-corrected chi connectivity index (χ4v) is 3.65. The van der Waals surface area contributed by atoms with Gasteiger partial charge in [-0.15, -0.1) is 0 Å². The summed E-state index contributed by atoms with van der Waals surface area (Å²) in [5.41, 5.74) is 7.97. The highest BCUT2D eigenvalue weighted by atomic mass is 16.6. The van der Waals surface area contributed by atoms with E-state index in [0.717, 1.165) is 23.4 Å². The van der Waals surface area contributed by atoms with E-state index in [1.165, 1.54) is 0 Å². The summed E-state index contributed by atoms with van der Waals surface area (Å²) in [4.78, 5) is 24.9. The van der Waals surface area contributed by atoms with Gasteiger partial charge in [-0.1, -0.05) is 25.1 Å². The van der Waals surface area contributed by atoms with Crippen molar-refractivity contribution in [3.05, 3.63) is 54.1 Å². The molecule has 3 N–H and O–H groups in total. The number of anilines is 2. The first-order valence-corrected chi connectivity index (χ1v) is 9.82. The van der Waals surface area contributed by atoms with E-state index in [9.17, 15) is 9.59 Å². The van der Waals surface area contributed by atoms with E-state index >= 15 is 0 Å². The molecule has 0 fully saturated rings.